The number of rotatable bonds is 5. The van der Waals surface area contributed by atoms with E-state index in [0.29, 0.717) is 23.5 Å². The van der Waals surface area contributed by atoms with Gasteiger partial charge in [-0.15, -0.1) is 0 Å². The van der Waals surface area contributed by atoms with E-state index in [1.165, 1.54) is 31.0 Å². The lowest BCUT2D eigenvalue weighted by Crippen LogP contribution is -2.50. The van der Waals surface area contributed by atoms with Gasteiger partial charge in [-0.05, 0) is 49.7 Å². The molecule has 18 heavy (non-hydrogen) atoms. The maximum atomic E-state index is 12.1. The molecule has 102 valence electrons. The van der Waals surface area contributed by atoms with Crippen molar-refractivity contribution in [2.24, 2.45) is 17.8 Å². The van der Waals surface area contributed by atoms with E-state index in [1.54, 1.807) is 0 Å². The van der Waals surface area contributed by atoms with Crippen LogP contribution in [0.3, 0.4) is 0 Å². The van der Waals surface area contributed by atoms with Gasteiger partial charge in [0, 0.05) is 11.8 Å². The van der Waals surface area contributed by atoms with Crippen LogP contribution in [0, 0.1) is 17.8 Å². The number of ketones is 1. The molecule has 0 aromatic carbocycles. The minimum Gasteiger partial charge on any atom is -0.411 e. The number of carbonyl (C=O) groups is 1. The smallest absolute Gasteiger partial charge is 0.192 e. The molecular weight excluding hydrogens is 240 g/mol. The SMILES string of the molecule is CC[Si](CC)(CC)OC12CC3CC(C1)C(C2)C3=O. The summed E-state index contributed by atoms with van der Waals surface area (Å²) in [6, 6.07) is 3.70. The molecule has 3 heteroatoms. The summed E-state index contributed by atoms with van der Waals surface area (Å²) < 4.78 is 6.84. The Labute approximate surface area is 112 Å². The van der Waals surface area contributed by atoms with E-state index >= 15 is 0 Å². The van der Waals surface area contributed by atoms with Crippen LogP contribution in [0.1, 0.15) is 46.5 Å². The number of carbonyl (C=O) groups excluding carboxylic acids is 1. The highest BCUT2D eigenvalue weighted by Crippen LogP contribution is 2.60. The average Bonchev–Trinajstić information content (AvgIpc) is 2.76. The van der Waals surface area contributed by atoms with Crippen LogP contribution in [-0.2, 0) is 9.22 Å². The van der Waals surface area contributed by atoms with Crippen molar-refractivity contribution in [3.05, 3.63) is 0 Å². The molecule has 0 spiro atoms. The van der Waals surface area contributed by atoms with Gasteiger partial charge in [0.1, 0.15) is 5.78 Å². The Hall–Kier alpha value is -0.153. The number of hydrogen-bond acceptors (Lipinski definition) is 2. The van der Waals surface area contributed by atoms with Crippen LogP contribution in [0.5, 0.6) is 0 Å². The van der Waals surface area contributed by atoms with Gasteiger partial charge in [-0.1, -0.05) is 20.8 Å². The third-order valence-corrected chi connectivity index (χ3v) is 10.9. The van der Waals surface area contributed by atoms with Gasteiger partial charge in [-0.3, -0.25) is 4.79 Å². The summed E-state index contributed by atoms with van der Waals surface area (Å²) in [5.74, 6) is 1.99. The van der Waals surface area contributed by atoms with E-state index in [0.717, 1.165) is 12.8 Å². The molecule has 0 amide bonds. The first-order chi connectivity index (χ1) is 8.57. The van der Waals surface area contributed by atoms with Gasteiger partial charge in [0.25, 0.3) is 0 Å². The minimum absolute atomic E-state index is 0.125. The zero-order valence-electron chi connectivity index (χ0n) is 12.0. The van der Waals surface area contributed by atoms with E-state index < -0.39 is 8.32 Å². The van der Waals surface area contributed by atoms with Crippen LogP contribution >= 0.6 is 0 Å². The Morgan fingerprint density at radius 3 is 2.33 bits per heavy atom. The molecule has 4 unspecified atom stereocenters. The highest BCUT2D eigenvalue weighted by molar-refractivity contribution is 6.73. The molecule has 0 aromatic heterocycles. The fourth-order valence-corrected chi connectivity index (χ4v) is 8.09. The van der Waals surface area contributed by atoms with Crippen LogP contribution in [0.25, 0.3) is 0 Å². The predicted molar refractivity (Wildman–Crippen MR) is 75.0 cm³/mol. The molecule has 2 nitrogen and oxygen atoms in total. The van der Waals surface area contributed by atoms with E-state index in [4.69, 9.17) is 4.43 Å². The van der Waals surface area contributed by atoms with Gasteiger partial charge in [0.05, 0.1) is 5.60 Å². The van der Waals surface area contributed by atoms with Crippen molar-refractivity contribution >= 4 is 14.1 Å². The summed E-state index contributed by atoms with van der Waals surface area (Å²) in [4.78, 5) is 12.1. The molecule has 4 aliphatic carbocycles. The van der Waals surface area contributed by atoms with Gasteiger partial charge < -0.3 is 4.43 Å². The Morgan fingerprint density at radius 2 is 1.83 bits per heavy atom. The quantitative estimate of drug-likeness (QED) is 0.708. The highest BCUT2D eigenvalue weighted by atomic mass is 28.4. The summed E-state index contributed by atoms with van der Waals surface area (Å²) in [6.45, 7) is 6.91. The summed E-state index contributed by atoms with van der Waals surface area (Å²) >= 11 is 0. The molecule has 4 rings (SSSR count). The first-order valence-corrected chi connectivity index (χ1v) is 10.3. The molecule has 4 fully saturated rings. The maximum Gasteiger partial charge on any atom is 0.192 e. The zero-order valence-corrected chi connectivity index (χ0v) is 13.0. The largest absolute Gasteiger partial charge is 0.411 e. The molecule has 0 N–H and O–H groups in total. The summed E-state index contributed by atoms with van der Waals surface area (Å²) in [7, 11) is -1.51. The fourth-order valence-electron chi connectivity index (χ4n) is 4.99. The summed E-state index contributed by atoms with van der Waals surface area (Å²) in [5, 5.41) is 0. The number of Topliss-reactive ketones (excluding diaryl/α,β-unsaturated/α-hetero) is 1. The predicted octanol–water partition coefficient (Wildman–Crippen LogP) is 3.77. The fraction of sp³-hybridized carbons (Fsp3) is 0.933. The van der Waals surface area contributed by atoms with Gasteiger partial charge in [0.2, 0.25) is 0 Å². The first kappa shape index (κ1) is 12.9. The molecular formula is C15H26O2Si. The lowest BCUT2D eigenvalue weighted by atomic mass is 9.78. The van der Waals surface area contributed by atoms with Gasteiger partial charge >= 0.3 is 0 Å². The Balaban J connectivity index is 1.80. The average molecular weight is 266 g/mol. The minimum atomic E-state index is -1.51. The van der Waals surface area contributed by atoms with E-state index in [-0.39, 0.29) is 5.60 Å². The molecule has 4 atom stereocenters. The van der Waals surface area contributed by atoms with Crippen LogP contribution < -0.4 is 0 Å². The second-order valence-corrected chi connectivity index (χ2v) is 11.5. The van der Waals surface area contributed by atoms with E-state index in [1.807, 2.05) is 0 Å². The van der Waals surface area contributed by atoms with Crippen molar-refractivity contribution in [1.82, 2.24) is 0 Å². The zero-order chi connectivity index (χ0) is 13.0. The van der Waals surface area contributed by atoms with Gasteiger partial charge in [-0.25, -0.2) is 0 Å². The normalized spacial score (nSPS) is 41.9. The van der Waals surface area contributed by atoms with Crippen LogP contribution in [0.2, 0.25) is 18.1 Å². The van der Waals surface area contributed by atoms with E-state index in [2.05, 4.69) is 20.8 Å². The molecule has 0 radical (unpaired) electrons. The summed E-state index contributed by atoms with van der Waals surface area (Å²) in [5.41, 5.74) is 0.125. The van der Waals surface area contributed by atoms with Crippen molar-refractivity contribution < 1.29 is 9.22 Å². The monoisotopic (exact) mass is 266 g/mol. The van der Waals surface area contributed by atoms with E-state index in [9.17, 15) is 4.79 Å². The van der Waals surface area contributed by atoms with Crippen molar-refractivity contribution in [3.63, 3.8) is 0 Å². The Bertz CT molecular complexity index is 351. The maximum absolute atomic E-state index is 12.1. The van der Waals surface area contributed by atoms with Crippen LogP contribution in [0.4, 0.5) is 0 Å². The molecule has 0 saturated heterocycles. The molecule has 4 bridgehead atoms. The second-order valence-electron chi connectivity index (χ2n) is 6.84. The van der Waals surface area contributed by atoms with Gasteiger partial charge in [-0.2, -0.15) is 0 Å². The first-order valence-electron chi connectivity index (χ1n) is 7.81. The lowest BCUT2D eigenvalue weighted by molar-refractivity contribution is -0.129. The van der Waals surface area contributed by atoms with Crippen molar-refractivity contribution in [2.75, 3.05) is 0 Å². The van der Waals surface area contributed by atoms with Crippen molar-refractivity contribution in [1.29, 1.82) is 0 Å². The number of hydrogen-bond donors (Lipinski definition) is 0. The van der Waals surface area contributed by atoms with Crippen LogP contribution in [0.15, 0.2) is 0 Å². The Morgan fingerprint density at radius 1 is 1.17 bits per heavy atom. The third kappa shape index (κ3) is 1.66. The van der Waals surface area contributed by atoms with Crippen molar-refractivity contribution in [3.8, 4) is 0 Å². The van der Waals surface area contributed by atoms with Crippen molar-refractivity contribution in [2.45, 2.75) is 70.2 Å². The highest BCUT2D eigenvalue weighted by Gasteiger charge is 2.62. The molecule has 0 aliphatic heterocycles. The topological polar surface area (TPSA) is 26.3 Å². The van der Waals surface area contributed by atoms with Crippen LogP contribution in [-0.4, -0.2) is 19.7 Å². The molecule has 0 aromatic rings. The molecule has 0 heterocycles. The lowest BCUT2D eigenvalue weighted by Gasteiger charge is -2.45. The standard InChI is InChI=1S/C15H26O2Si/c1-4-18(5-2,6-3)17-15-8-11-7-12(9-15)14(16)13(11)10-15/h11-13H,4-10H2,1-3H3. The Kier molecular flexibility index (Phi) is 2.98. The second kappa shape index (κ2) is 4.17. The molecule has 4 saturated carbocycles. The van der Waals surface area contributed by atoms with Gasteiger partial charge in [0.15, 0.2) is 8.32 Å². The molecule has 4 aliphatic rings. The summed E-state index contributed by atoms with van der Waals surface area (Å²) in [6.07, 6.45) is 4.47. The third-order valence-electron chi connectivity index (χ3n) is 6.13.